The minimum Gasteiger partial charge on any atom is -0.477 e. The number of ether oxygens (including phenoxy) is 4. The molecule has 0 aromatic heterocycles. The third kappa shape index (κ3) is 52.4. The van der Waals surface area contributed by atoms with Crippen LogP contribution in [0.3, 0.4) is 0 Å². The second kappa shape index (κ2) is 51.1. The van der Waals surface area contributed by atoms with Crippen LogP contribution in [0.1, 0.15) is 232 Å². The van der Waals surface area contributed by atoms with Gasteiger partial charge in [-0.2, -0.15) is 0 Å². The fourth-order valence-corrected chi connectivity index (χ4v) is 7.62. The highest BCUT2D eigenvalue weighted by Crippen LogP contribution is 2.16. The van der Waals surface area contributed by atoms with Gasteiger partial charge in [0.15, 0.2) is 6.10 Å². The van der Waals surface area contributed by atoms with Crippen molar-refractivity contribution in [3.05, 3.63) is 72.9 Å². The van der Waals surface area contributed by atoms with Crippen molar-refractivity contribution in [2.24, 2.45) is 0 Å². The van der Waals surface area contributed by atoms with E-state index in [0.29, 0.717) is 23.9 Å². The van der Waals surface area contributed by atoms with E-state index in [9.17, 15) is 19.5 Å². The van der Waals surface area contributed by atoms with Gasteiger partial charge in [-0.25, -0.2) is 4.79 Å². The maximum atomic E-state index is 12.8. The summed E-state index contributed by atoms with van der Waals surface area (Å²) in [7, 11) is 5.95. The van der Waals surface area contributed by atoms with E-state index in [-0.39, 0.29) is 32.2 Å². The lowest BCUT2D eigenvalue weighted by molar-refractivity contribution is -0.870. The zero-order valence-electron chi connectivity index (χ0n) is 45.2. The van der Waals surface area contributed by atoms with Crippen LogP contribution < -0.4 is 0 Å². The summed E-state index contributed by atoms with van der Waals surface area (Å²) >= 11 is 0. The average Bonchev–Trinajstić information content (AvgIpc) is 3.31. The van der Waals surface area contributed by atoms with Gasteiger partial charge in [0.25, 0.3) is 6.29 Å². The van der Waals surface area contributed by atoms with Crippen molar-refractivity contribution in [2.45, 2.75) is 245 Å². The van der Waals surface area contributed by atoms with E-state index in [4.69, 9.17) is 18.9 Å². The van der Waals surface area contributed by atoms with E-state index in [2.05, 4.69) is 86.8 Å². The van der Waals surface area contributed by atoms with Crippen LogP contribution in [0.4, 0.5) is 0 Å². The summed E-state index contributed by atoms with van der Waals surface area (Å²) in [5.41, 5.74) is 0. The smallest absolute Gasteiger partial charge is 0.361 e. The number of likely N-dealkylation sites (N-methyl/N-ethyl adjacent to an activating group) is 1. The normalized spacial score (nSPS) is 13.3. The zero-order valence-corrected chi connectivity index (χ0v) is 45.2. The first-order valence-electron chi connectivity index (χ1n) is 28.1. The van der Waals surface area contributed by atoms with E-state index < -0.39 is 24.3 Å². The van der Waals surface area contributed by atoms with Crippen molar-refractivity contribution in [3.8, 4) is 0 Å². The van der Waals surface area contributed by atoms with Crippen LogP contribution in [-0.2, 0) is 33.3 Å². The van der Waals surface area contributed by atoms with Gasteiger partial charge in [-0.1, -0.05) is 209 Å². The van der Waals surface area contributed by atoms with Gasteiger partial charge in [0.2, 0.25) is 0 Å². The van der Waals surface area contributed by atoms with Crippen molar-refractivity contribution >= 4 is 17.9 Å². The monoisotopic (exact) mass is 969 g/mol. The molecule has 0 fully saturated rings. The topological polar surface area (TPSA) is 108 Å². The quantitative estimate of drug-likeness (QED) is 0.0211. The first-order chi connectivity index (χ1) is 33.6. The number of esters is 2. The van der Waals surface area contributed by atoms with E-state index in [0.717, 1.165) is 64.2 Å². The Hall–Kier alpha value is -3.27. The molecule has 398 valence electrons. The Bertz CT molecular complexity index is 1360. The first kappa shape index (κ1) is 65.7. The second-order valence-corrected chi connectivity index (χ2v) is 19.9. The lowest BCUT2D eigenvalue weighted by Crippen LogP contribution is -2.40. The van der Waals surface area contributed by atoms with E-state index in [1.165, 1.54) is 135 Å². The zero-order chi connectivity index (χ0) is 50.6. The molecule has 0 aliphatic heterocycles. The fraction of sp³-hybridized carbons (Fsp3) is 0.750. The number of carbonyl (C=O) groups excluding carboxylic acids is 2. The third-order valence-corrected chi connectivity index (χ3v) is 11.9. The summed E-state index contributed by atoms with van der Waals surface area (Å²) in [5, 5.41) is 9.68. The molecule has 0 radical (unpaired) electrons. The van der Waals surface area contributed by atoms with Crippen LogP contribution in [0.5, 0.6) is 0 Å². The Kier molecular flexibility index (Phi) is 48.7. The lowest BCUT2D eigenvalue weighted by Gasteiger charge is -2.25. The molecule has 0 aromatic rings. The number of carboxylic acid groups (broad SMARTS) is 1. The van der Waals surface area contributed by atoms with Gasteiger partial charge < -0.3 is 28.5 Å². The van der Waals surface area contributed by atoms with Crippen LogP contribution in [0.15, 0.2) is 72.9 Å². The number of rotatable bonds is 51. The minimum atomic E-state index is -1.52. The largest absolute Gasteiger partial charge is 0.477 e. The van der Waals surface area contributed by atoms with Gasteiger partial charge in [-0.05, 0) is 83.5 Å². The number of hydrogen-bond donors (Lipinski definition) is 1. The Labute approximate surface area is 424 Å². The Morgan fingerprint density at radius 2 is 0.826 bits per heavy atom. The minimum absolute atomic E-state index is 0.177. The number of aliphatic carboxylic acids is 1. The molecule has 69 heavy (non-hydrogen) atoms. The van der Waals surface area contributed by atoms with Gasteiger partial charge in [0.1, 0.15) is 13.2 Å². The molecule has 0 aromatic carbocycles. The van der Waals surface area contributed by atoms with Crippen LogP contribution in [0.25, 0.3) is 0 Å². The summed E-state index contributed by atoms with van der Waals surface area (Å²) in [4.78, 5) is 37.3. The molecule has 0 aliphatic carbocycles. The van der Waals surface area contributed by atoms with Crippen molar-refractivity contribution in [2.75, 3.05) is 47.5 Å². The molecule has 9 heteroatoms. The molecule has 0 heterocycles. The number of unbranched alkanes of at least 4 members (excludes halogenated alkanes) is 24. The molecular weight excluding hydrogens is 863 g/mol. The average molecular weight is 970 g/mol. The molecule has 0 amide bonds. The molecular formula is C60H106NO8+. The van der Waals surface area contributed by atoms with Gasteiger partial charge in [-0.15, -0.1) is 0 Å². The number of carbonyl (C=O) groups is 3. The molecule has 0 aliphatic rings. The van der Waals surface area contributed by atoms with Crippen LogP contribution >= 0.6 is 0 Å². The summed E-state index contributed by atoms with van der Waals surface area (Å²) in [5.74, 6) is -2.06. The van der Waals surface area contributed by atoms with Crippen molar-refractivity contribution in [3.63, 3.8) is 0 Å². The Balaban J connectivity index is 4.19. The molecule has 0 saturated heterocycles. The highest BCUT2D eigenvalue weighted by Gasteiger charge is 2.25. The van der Waals surface area contributed by atoms with Crippen molar-refractivity contribution in [1.82, 2.24) is 0 Å². The number of carboxylic acids is 1. The predicted octanol–water partition coefficient (Wildman–Crippen LogP) is 16.2. The summed E-state index contributed by atoms with van der Waals surface area (Å²) in [6, 6.07) is 0. The van der Waals surface area contributed by atoms with E-state index in [1.807, 2.05) is 21.1 Å². The maximum absolute atomic E-state index is 12.8. The molecule has 0 rings (SSSR count). The highest BCUT2D eigenvalue weighted by molar-refractivity contribution is 5.71. The fourth-order valence-electron chi connectivity index (χ4n) is 7.62. The molecule has 0 bridgehead atoms. The Morgan fingerprint density at radius 3 is 1.26 bits per heavy atom. The summed E-state index contributed by atoms with van der Waals surface area (Å²) in [6.07, 6.45) is 62.8. The molecule has 9 nitrogen and oxygen atoms in total. The molecule has 0 spiro atoms. The second-order valence-electron chi connectivity index (χ2n) is 19.9. The van der Waals surface area contributed by atoms with Crippen LogP contribution in [-0.4, -0.2) is 87.4 Å². The number of allylic oxidation sites excluding steroid dienone is 12. The van der Waals surface area contributed by atoms with Gasteiger partial charge in [0.05, 0.1) is 34.4 Å². The van der Waals surface area contributed by atoms with Crippen molar-refractivity contribution < 1.29 is 42.9 Å². The summed E-state index contributed by atoms with van der Waals surface area (Å²) in [6.45, 7) is 4.71. The standard InChI is InChI=1S/C60H105NO8/c1-6-8-10-12-14-16-18-20-22-23-24-25-26-27-28-29-30-31-32-33-34-35-37-38-40-42-44-46-48-50-57(62)67-54-56(55-68-60(59(64)65)66-53-52-61(3,4)5)69-58(63)51-49-47-45-43-41-39-36-21-19-17-15-13-11-9-7-2/h9,11,15,17-18,20-21,23-24,36,41,43,56,60H,6-8,10,12-14,16,19,22,25-35,37-40,42,44-55H2,1-5H3/p+1/b11-9-,17-15-,20-18-,24-23-,36-21-,43-41-. The predicted molar refractivity (Wildman–Crippen MR) is 290 cm³/mol. The van der Waals surface area contributed by atoms with Gasteiger partial charge >= 0.3 is 17.9 Å². The van der Waals surface area contributed by atoms with E-state index in [1.54, 1.807) is 0 Å². The first-order valence-corrected chi connectivity index (χ1v) is 28.1. The van der Waals surface area contributed by atoms with Gasteiger partial charge in [-0.3, -0.25) is 9.59 Å². The maximum Gasteiger partial charge on any atom is 0.361 e. The Morgan fingerprint density at radius 1 is 0.449 bits per heavy atom. The lowest BCUT2D eigenvalue weighted by atomic mass is 10.0. The summed E-state index contributed by atoms with van der Waals surface area (Å²) < 4.78 is 22.8. The third-order valence-electron chi connectivity index (χ3n) is 11.9. The molecule has 2 atom stereocenters. The van der Waals surface area contributed by atoms with Crippen molar-refractivity contribution in [1.29, 1.82) is 0 Å². The molecule has 1 N–H and O–H groups in total. The van der Waals surface area contributed by atoms with Crippen LogP contribution in [0, 0.1) is 0 Å². The number of quaternary nitrogens is 1. The molecule has 0 saturated carbocycles. The number of hydrogen-bond acceptors (Lipinski definition) is 7. The van der Waals surface area contributed by atoms with E-state index >= 15 is 0 Å². The SMILES string of the molecule is CC/C=C\C/C=C\C/C=C\C/C=C\CCCCC(=O)OC(COC(=O)CCCCCCCCCCCCCCCCCCC/C=C\C/C=C\CCCCCCC)COC(OCC[N+](C)(C)C)C(=O)O. The van der Waals surface area contributed by atoms with Gasteiger partial charge in [0, 0.05) is 12.8 Å². The highest BCUT2D eigenvalue weighted by atomic mass is 16.7. The molecule has 2 unspecified atom stereocenters. The van der Waals surface area contributed by atoms with Crippen LogP contribution in [0.2, 0.25) is 0 Å². The number of nitrogens with zero attached hydrogens (tertiary/aromatic N) is 1.